The van der Waals surface area contributed by atoms with Crippen LogP contribution in [0.2, 0.25) is 0 Å². The van der Waals surface area contributed by atoms with E-state index in [1.807, 2.05) is 0 Å². The predicted octanol–water partition coefficient (Wildman–Crippen LogP) is 2.90. The Morgan fingerprint density at radius 1 is 1.00 bits per heavy atom. The molecule has 1 fully saturated rings. The van der Waals surface area contributed by atoms with Crippen molar-refractivity contribution in [2.75, 3.05) is 43.5 Å². The molecule has 0 spiro atoms. The van der Waals surface area contributed by atoms with Crippen LogP contribution in [-0.2, 0) is 0 Å². The van der Waals surface area contributed by atoms with Gasteiger partial charge in [-0.25, -0.2) is 0 Å². The minimum Gasteiger partial charge on any atom is -0.376 e. The Morgan fingerprint density at radius 2 is 1.71 bits per heavy atom. The highest BCUT2D eigenvalue weighted by Crippen LogP contribution is 2.30. The van der Waals surface area contributed by atoms with Crippen LogP contribution in [0.25, 0.3) is 0 Å². The summed E-state index contributed by atoms with van der Waals surface area (Å²) in [5, 5.41) is 3.63. The summed E-state index contributed by atoms with van der Waals surface area (Å²) in [5.41, 5.74) is 3.97. The molecule has 3 nitrogen and oxygen atoms in total. The second-order valence-electron chi connectivity index (χ2n) is 5.75. The maximum atomic E-state index is 3.63. The molecule has 0 saturated carbocycles. The van der Waals surface area contributed by atoms with E-state index in [2.05, 4.69) is 83.8 Å². The summed E-state index contributed by atoms with van der Waals surface area (Å²) < 4.78 is 0. The van der Waals surface area contributed by atoms with E-state index >= 15 is 0 Å². The second-order valence-corrected chi connectivity index (χ2v) is 5.75. The molecule has 0 radical (unpaired) electrons. The molecule has 2 aromatic carbocycles. The lowest BCUT2D eigenvalue weighted by Gasteiger charge is -2.37. The summed E-state index contributed by atoms with van der Waals surface area (Å²) in [5.74, 6) is 0. The zero-order valence-corrected chi connectivity index (χ0v) is 12.8. The average molecular weight is 281 g/mol. The summed E-state index contributed by atoms with van der Waals surface area (Å²) in [7, 11) is 4.21. The van der Waals surface area contributed by atoms with E-state index in [-0.39, 0.29) is 0 Å². The van der Waals surface area contributed by atoms with E-state index in [0.717, 1.165) is 19.6 Å². The molecule has 110 valence electrons. The van der Waals surface area contributed by atoms with Crippen LogP contribution in [0, 0.1) is 0 Å². The number of nitrogens with one attached hydrogen (secondary N) is 1. The molecule has 1 N–H and O–H groups in total. The number of hydrogen-bond donors (Lipinski definition) is 1. The fourth-order valence-corrected chi connectivity index (χ4v) is 2.99. The number of piperazine rings is 1. The Bertz CT molecular complexity index is 580. The minimum atomic E-state index is 0.398. The van der Waals surface area contributed by atoms with Crippen molar-refractivity contribution in [2.24, 2.45) is 0 Å². The number of benzene rings is 2. The van der Waals surface area contributed by atoms with Crippen LogP contribution < -0.4 is 15.1 Å². The molecular weight excluding hydrogens is 258 g/mol. The molecule has 21 heavy (non-hydrogen) atoms. The van der Waals surface area contributed by atoms with Crippen molar-refractivity contribution in [3.05, 3.63) is 60.2 Å². The van der Waals surface area contributed by atoms with E-state index in [4.69, 9.17) is 0 Å². The maximum Gasteiger partial charge on any atom is 0.0605 e. The summed E-state index contributed by atoms with van der Waals surface area (Å²) >= 11 is 0. The van der Waals surface area contributed by atoms with Crippen LogP contribution in [0.5, 0.6) is 0 Å². The molecule has 0 aromatic heterocycles. The Hall–Kier alpha value is -2.00. The second kappa shape index (κ2) is 6.19. The van der Waals surface area contributed by atoms with Crippen LogP contribution in [0.4, 0.5) is 11.4 Å². The van der Waals surface area contributed by atoms with Gasteiger partial charge in [0.15, 0.2) is 0 Å². The van der Waals surface area contributed by atoms with Gasteiger partial charge >= 0.3 is 0 Å². The van der Waals surface area contributed by atoms with Crippen molar-refractivity contribution in [3.8, 4) is 0 Å². The zero-order valence-electron chi connectivity index (χ0n) is 12.8. The Balaban J connectivity index is 1.84. The van der Waals surface area contributed by atoms with Crippen molar-refractivity contribution in [2.45, 2.75) is 6.04 Å². The van der Waals surface area contributed by atoms with Crippen LogP contribution in [-0.4, -0.2) is 33.7 Å². The molecule has 1 saturated heterocycles. The van der Waals surface area contributed by atoms with Crippen molar-refractivity contribution in [1.29, 1.82) is 0 Å². The highest BCUT2D eigenvalue weighted by Gasteiger charge is 2.22. The number of hydrogen-bond acceptors (Lipinski definition) is 3. The Morgan fingerprint density at radius 3 is 2.48 bits per heavy atom. The largest absolute Gasteiger partial charge is 0.376 e. The molecule has 1 atom stereocenters. The minimum absolute atomic E-state index is 0.398. The standard InChI is InChI=1S/C18H23N3/c1-20(2)17-10-6-7-11-18(17)21-13-12-19-16(14-21)15-8-4-3-5-9-15/h3-11,16,19H,12-14H2,1-2H3. The maximum absolute atomic E-state index is 3.63. The molecule has 1 heterocycles. The van der Waals surface area contributed by atoms with Gasteiger partial charge in [0, 0.05) is 39.8 Å². The first kappa shape index (κ1) is 14.0. The van der Waals surface area contributed by atoms with Gasteiger partial charge in [0.25, 0.3) is 0 Å². The lowest BCUT2D eigenvalue weighted by molar-refractivity contribution is 0.472. The van der Waals surface area contributed by atoms with E-state index in [1.165, 1.54) is 16.9 Å². The highest BCUT2D eigenvalue weighted by atomic mass is 15.2. The van der Waals surface area contributed by atoms with E-state index in [9.17, 15) is 0 Å². The number of rotatable bonds is 3. The van der Waals surface area contributed by atoms with Gasteiger partial charge in [0.05, 0.1) is 11.4 Å². The molecule has 1 unspecified atom stereocenters. The Kier molecular flexibility index (Phi) is 4.11. The van der Waals surface area contributed by atoms with Gasteiger partial charge in [-0.3, -0.25) is 0 Å². The van der Waals surface area contributed by atoms with Gasteiger partial charge in [0.2, 0.25) is 0 Å². The van der Waals surface area contributed by atoms with Crippen molar-refractivity contribution in [3.63, 3.8) is 0 Å². The summed E-state index contributed by atoms with van der Waals surface area (Å²) in [6, 6.07) is 19.8. The van der Waals surface area contributed by atoms with Crippen molar-refractivity contribution in [1.82, 2.24) is 5.32 Å². The fourth-order valence-electron chi connectivity index (χ4n) is 2.99. The topological polar surface area (TPSA) is 18.5 Å². The van der Waals surface area contributed by atoms with Crippen LogP contribution in [0.15, 0.2) is 54.6 Å². The number of anilines is 2. The van der Waals surface area contributed by atoms with E-state index in [1.54, 1.807) is 0 Å². The Labute approximate surface area is 127 Å². The van der Waals surface area contributed by atoms with E-state index < -0.39 is 0 Å². The van der Waals surface area contributed by atoms with Gasteiger partial charge in [-0.05, 0) is 17.7 Å². The summed E-state index contributed by atoms with van der Waals surface area (Å²) in [6.45, 7) is 3.07. The van der Waals surface area contributed by atoms with Gasteiger partial charge in [-0.15, -0.1) is 0 Å². The molecule has 1 aliphatic heterocycles. The number of para-hydroxylation sites is 2. The summed E-state index contributed by atoms with van der Waals surface area (Å²) in [4.78, 5) is 4.68. The predicted molar refractivity (Wildman–Crippen MR) is 90.2 cm³/mol. The molecule has 2 aromatic rings. The lowest BCUT2D eigenvalue weighted by atomic mass is 10.0. The molecule has 0 aliphatic carbocycles. The molecule has 0 bridgehead atoms. The molecule has 0 amide bonds. The third-order valence-corrected chi connectivity index (χ3v) is 4.08. The normalized spacial score (nSPS) is 18.6. The first-order chi connectivity index (χ1) is 10.3. The monoisotopic (exact) mass is 281 g/mol. The van der Waals surface area contributed by atoms with Crippen LogP contribution in [0.3, 0.4) is 0 Å². The average Bonchev–Trinajstić information content (AvgIpc) is 2.56. The van der Waals surface area contributed by atoms with Crippen molar-refractivity contribution < 1.29 is 0 Å². The van der Waals surface area contributed by atoms with Gasteiger partial charge < -0.3 is 15.1 Å². The summed E-state index contributed by atoms with van der Waals surface area (Å²) in [6.07, 6.45) is 0. The highest BCUT2D eigenvalue weighted by molar-refractivity contribution is 5.71. The third kappa shape index (κ3) is 3.03. The third-order valence-electron chi connectivity index (χ3n) is 4.08. The lowest BCUT2D eigenvalue weighted by Crippen LogP contribution is -2.46. The smallest absolute Gasteiger partial charge is 0.0605 e. The SMILES string of the molecule is CN(C)c1ccccc1N1CCNC(c2ccccc2)C1. The number of nitrogens with zero attached hydrogens (tertiary/aromatic N) is 2. The van der Waals surface area contributed by atoms with Crippen LogP contribution >= 0.6 is 0 Å². The molecule has 3 heteroatoms. The van der Waals surface area contributed by atoms with Crippen LogP contribution in [0.1, 0.15) is 11.6 Å². The molecule has 1 aliphatic rings. The van der Waals surface area contributed by atoms with Gasteiger partial charge in [-0.2, -0.15) is 0 Å². The van der Waals surface area contributed by atoms with Crippen molar-refractivity contribution >= 4 is 11.4 Å². The molecule has 3 rings (SSSR count). The van der Waals surface area contributed by atoms with Gasteiger partial charge in [-0.1, -0.05) is 42.5 Å². The zero-order chi connectivity index (χ0) is 14.7. The first-order valence-electron chi connectivity index (χ1n) is 7.55. The van der Waals surface area contributed by atoms with Gasteiger partial charge in [0.1, 0.15) is 0 Å². The van der Waals surface area contributed by atoms with E-state index in [0.29, 0.717) is 6.04 Å². The quantitative estimate of drug-likeness (QED) is 0.933. The first-order valence-corrected chi connectivity index (χ1v) is 7.55. The fraction of sp³-hybridized carbons (Fsp3) is 0.333. The molecular formula is C18H23N3.